The molecule has 0 fully saturated rings. The molecule has 20 heavy (non-hydrogen) atoms. The summed E-state index contributed by atoms with van der Waals surface area (Å²) in [6.07, 6.45) is 2.94. The van der Waals surface area contributed by atoms with Gasteiger partial charge in [-0.25, -0.2) is 0 Å². The smallest absolute Gasteiger partial charge is 0.165 e. The number of rotatable bonds is 3. The van der Waals surface area contributed by atoms with Gasteiger partial charge in [-0.15, -0.1) is 0 Å². The molecule has 4 heteroatoms. The molecule has 0 amide bonds. The van der Waals surface area contributed by atoms with E-state index < -0.39 is 0 Å². The van der Waals surface area contributed by atoms with Gasteiger partial charge in [-0.2, -0.15) is 0 Å². The van der Waals surface area contributed by atoms with Gasteiger partial charge >= 0.3 is 0 Å². The van der Waals surface area contributed by atoms with Gasteiger partial charge in [0.25, 0.3) is 0 Å². The standard InChI is InChI=1S/C16H20O4/c1-8(4-5-17)13-11-6-9(2)20-16(11)14(18)12-7-10(3)19-15(12)13/h5,8-10,18H,4,6-7H2,1-3H3. The second kappa shape index (κ2) is 4.69. The van der Waals surface area contributed by atoms with Crippen molar-refractivity contribution in [1.82, 2.24) is 0 Å². The first-order chi connectivity index (χ1) is 9.52. The molecule has 0 spiro atoms. The van der Waals surface area contributed by atoms with E-state index in [9.17, 15) is 9.90 Å². The topological polar surface area (TPSA) is 55.8 Å². The summed E-state index contributed by atoms with van der Waals surface area (Å²) in [4.78, 5) is 10.9. The lowest BCUT2D eigenvalue weighted by atomic mass is 9.88. The minimum Gasteiger partial charge on any atom is -0.504 e. The van der Waals surface area contributed by atoms with Crippen LogP contribution in [0.25, 0.3) is 0 Å². The highest BCUT2D eigenvalue weighted by Crippen LogP contribution is 2.52. The number of carbonyl (C=O) groups excluding carboxylic acids is 1. The fraction of sp³-hybridized carbons (Fsp3) is 0.562. The molecule has 0 radical (unpaired) electrons. The Balaban J connectivity index is 2.20. The van der Waals surface area contributed by atoms with E-state index in [0.29, 0.717) is 18.6 Å². The van der Waals surface area contributed by atoms with Gasteiger partial charge in [-0.3, -0.25) is 0 Å². The Morgan fingerprint density at radius 1 is 1.20 bits per heavy atom. The average Bonchev–Trinajstić information content (AvgIpc) is 2.93. The molecular weight excluding hydrogens is 256 g/mol. The number of benzene rings is 1. The monoisotopic (exact) mass is 276 g/mol. The number of aromatic hydroxyl groups is 1. The van der Waals surface area contributed by atoms with E-state index in [1.807, 2.05) is 20.8 Å². The molecule has 3 unspecified atom stereocenters. The third-order valence-corrected chi connectivity index (χ3v) is 4.18. The summed E-state index contributed by atoms with van der Waals surface area (Å²) in [6, 6.07) is 0. The maximum Gasteiger partial charge on any atom is 0.165 e. The molecule has 3 atom stereocenters. The van der Waals surface area contributed by atoms with Crippen LogP contribution in [0.15, 0.2) is 0 Å². The molecule has 2 aliphatic heterocycles. The van der Waals surface area contributed by atoms with Crippen molar-refractivity contribution in [2.24, 2.45) is 0 Å². The van der Waals surface area contributed by atoms with Crippen molar-refractivity contribution >= 4 is 6.29 Å². The highest BCUT2D eigenvalue weighted by molar-refractivity contribution is 5.67. The molecule has 1 N–H and O–H groups in total. The van der Waals surface area contributed by atoms with Gasteiger partial charge in [-0.05, 0) is 19.8 Å². The van der Waals surface area contributed by atoms with Gasteiger partial charge in [0.2, 0.25) is 0 Å². The van der Waals surface area contributed by atoms with Gasteiger partial charge in [0.1, 0.15) is 24.2 Å². The Labute approximate surface area is 118 Å². The van der Waals surface area contributed by atoms with Crippen LogP contribution in [0.4, 0.5) is 0 Å². The van der Waals surface area contributed by atoms with E-state index in [1.165, 1.54) is 0 Å². The maximum absolute atomic E-state index is 10.9. The first-order valence-corrected chi connectivity index (χ1v) is 7.20. The number of carbonyl (C=O) groups is 1. The second-order valence-corrected chi connectivity index (χ2v) is 5.95. The van der Waals surface area contributed by atoms with E-state index >= 15 is 0 Å². The number of fused-ring (bicyclic) bond motifs is 2. The van der Waals surface area contributed by atoms with Crippen LogP contribution in [0.1, 0.15) is 49.8 Å². The zero-order valence-corrected chi connectivity index (χ0v) is 12.1. The molecule has 108 valence electrons. The lowest BCUT2D eigenvalue weighted by Crippen LogP contribution is -2.09. The largest absolute Gasteiger partial charge is 0.504 e. The van der Waals surface area contributed by atoms with Gasteiger partial charge in [0.05, 0.1) is 0 Å². The van der Waals surface area contributed by atoms with Crippen molar-refractivity contribution in [1.29, 1.82) is 0 Å². The zero-order chi connectivity index (χ0) is 14.4. The van der Waals surface area contributed by atoms with Crippen molar-refractivity contribution in [2.45, 2.75) is 58.2 Å². The molecule has 2 aliphatic rings. The summed E-state index contributed by atoms with van der Waals surface area (Å²) >= 11 is 0. The van der Waals surface area contributed by atoms with Gasteiger partial charge in [0, 0.05) is 36.0 Å². The van der Waals surface area contributed by atoms with Crippen LogP contribution in [0.3, 0.4) is 0 Å². The second-order valence-electron chi connectivity index (χ2n) is 5.95. The van der Waals surface area contributed by atoms with Crippen molar-refractivity contribution in [2.75, 3.05) is 0 Å². The first-order valence-electron chi connectivity index (χ1n) is 7.20. The third-order valence-electron chi connectivity index (χ3n) is 4.18. The molecule has 0 saturated carbocycles. The summed E-state index contributed by atoms with van der Waals surface area (Å²) in [5.74, 6) is 1.68. The van der Waals surface area contributed by atoms with Crippen molar-refractivity contribution < 1.29 is 19.4 Å². The summed E-state index contributed by atoms with van der Waals surface area (Å²) in [5, 5.41) is 10.4. The van der Waals surface area contributed by atoms with Crippen LogP contribution in [-0.2, 0) is 17.6 Å². The highest BCUT2D eigenvalue weighted by atomic mass is 16.5. The molecular formula is C16H20O4. The Morgan fingerprint density at radius 2 is 1.80 bits per heavy atom. The molecule has 0 saturated heterocycles. The van der Waals surface area contributed by atoms with E-state index in [0.717, 1.165) is 35.1 Å². The van der Waals surface area contributed by atoms with Gasteiger partial charge < -0.3 is 19.4 Å². The number of ether oxygens (including phenoxy) is 2. The molecule has 0 aliphatic carbocycles. The Kier molecular flexibility index (Phi) is 3.11. The van der Waals surface area contributed by atoms with E-state index in [2.05, 4.69) is 0 Å². The molecule has 4 nitrogen and oxygen atoms in total. The number of hydrogen-bond donors (Lipinski definition) is 1. The summed E-state index contributed by atoms with van der Waals surface area (Å²) < 4.78 is 11.7. The Hall–Kier alpha value is -1.71. The predicted molar refractivity (Wildman–Crippen MR) is 74.8 cm³/mol. The van der Waals surface area contributed by atoms with Crippen molar-refractivity contribution in [3.05, 3.63) is 16.7 Å². The van der Waals surface area contributed by atoms with Crippen LogP contribution >= 0.6 is 0 Å². The summed E-state index contributed by atoms with van der Waals surface area (Å²) in [5.41, 5.74) is 2.89. The molecule has 3 rings (SSSR count). The fourth-order valence-corrected chi connectivity index (χ4v) is 3.31. The Bertz CT molecular complexity index is 525. The minimum absolute atomic E-state index is 0.0537. The van der Waals surface area contributed by atoms with Crippen molar-refractivity contribution in [3.8, 4) is 17.2 Å². The first kappa shape index (κ1) is 13.3. The molecule has 0 aromatic heterocycles. The average molecular weight is 276 g/mol. The number of hydrogen-bond acceptors (Lipinski definition) is 4. The fourth-order valence-electron chi connectivity index (χ4n) is 3.31. The van der Waals surface area contributed by atoms with E-state index in [4.69, 9.17) is 9.47 Å². The molecule has 1 aromatic rings. The number of phenols is 1. The lowest BCUT2D eigenvalue weighted by Gasteiger charge is -2.18. The van der Waals surface area contributed by atoms with Crippen LogP contribution < -0.4 is 9.47 Å². The minimum atomic E-state index is 0.0537. The quantitative estimate of drug-likeness (QED) is 0.862. The highest BCUT2D eigenvalue weighted by Gasteiger charge is 2.37. The predicted octanol–water partition coefficient (Wildman–Crippen LogP) is 2.73. The summed E-state index contributed by atoms with van der Waals surface area (Å²) in [7, 11) is 0. The van der Waals surface area contributed by atoms with Gasteiger partial charge in [0.15, 0.2) is 11.5 Å². The lowest BCUT2D eigenvalue weighted by molar-refractivity contribution is -0.108. The molecule has 1 aromatic carbocycles. The van der Waals surface area contributed by atoms with Crippen LogP contribution in [0.2, 0.25) is 0 Å². The number of phenolic OH excluding ortho intramolecular Hbond substituents is 1. The SMILES string of the molecule is CC1Cc2c(c(O)c3c(c2C(C)CC=O)OC(C)C3)O1. The van der Waals surface area contributed by atoms with Crippen LogP contribution in [-0.4, -0.2) is 23.6 Å². The summed E-state index contributed by atoms with van der Waals surface area (Å²) in [6.45, 7) is 6.00. The van der Waals surface area contributed by atoms with Gasteiger partial charge in [-0.1, -0.05) is 6.92 Å². The van der Waals surface area contributed by atoms with E-state index in [1.54, 1.807) is 0 Å². The molecule has 0 bridgehead atoms. The van der Waals surface area contributed by atoms with E-state index in [-0.39, 0.29) is 23.9 Å². The van der Waals surface area contributed by atoms with Crippen LogP contribution in [0, 0.1) is 0 Å². The van der Waals surface area contributed by atoms with Crippen molar-refractivity contribution in [3.63, 3.8) is 0 Å². The Morgan fingerprint density at radius 3 is 2.45 bits per heavy atom. The molecule has 2 heterocycles. The number of aldehydes is 1. The zero-order valence-electron chi connectivity index (χ0n) is 12.1. The third kappa shape index (κ3) is 1.86. The van der Waals surface area contributed by atoms with Crippen LogP contribution in [0.5, 0.6) is 17.2 Å². The maximum atomic E-state index is 10.9. The normalized spacial score (nSPS) is 24.6.